The number of likely N-dealkylation sites (N-methyl/N-ethyl adjacent to an activating group) is 1. The van der Waals surface area contributed by atoms with Crippen molar-refractivity contribution >= 4 is 28.8 Å². The SMILES string of the molecule is CN(CC(=O)Nc1ccc(C(N)=S)cc1)CC(C)(C)C. The molecule has 1 aromatic carbocycles. The van der Waals surface area contributed by atoms with E-state index in [1.54, 1.807) is 24.3 Å². The van der Waals surface area contributed by atoms with Gasteiger partial charge in [-0.05, 0) is 36.7 Å². The molecule has 1 rings (SSSR count). The Bertz CT molecular complexity index is 477. The van der Waals surface area contributed by atoms with E-state index in [2.05, 4.69) is 26.1 Å². The van der Waals surface area contributed by atoms with Crippen LogP contribution in [-0.2, 0) is 4.79 Å². The van der Waals surface area contributed by atoms with Gasteiger partial charge in [0.15, 0.2) is 0 Å². The van der Waals surface area contributed by atoms with Crippen molar-refractivity contribution < 1.29 is 4.79 Å². The highest BCUT2D eigenvalue weighted by Crippen LogP contribution is 2.14. The molecule has 0 radical (unpaired) electrons. The Hall–Kier alpha value is -1.46. The fraction of sp³-hybridized carbons (Fsp3) is 0.467. The first-order valence-corrected chi connectivity index (χ1v) is 6.96. The topological polar surface area (TPSA) is 58.4 Å². The fourth-order valence-corrected chi connectivity index (χ4v) is 2.17. The van der Waals surface area contributed by atoms with Gasteiger partial charge in [0.25, 0.3) is 0 Å². The van der Waals surface area contributed by atoms with Crippen molar-refractivity contribution in [1.82, 2.24) is 4.90 Å². The number of nitrogens with one attached hydrogen (secondary N) is 1. The molecule has 0 bridgehead atoms. The fourth-order valence-electron chi connectivity index (χ4n) is 2.03. The monoisotopic (exact) mass is 293 g/mol. The molecule has 0 aliphatic carbocycles. The lowest BCUT2D eigenvalue weighted by Gasteiger charge is -2.25. The molecule has 0 aromatic heterocycles. The predicted octanol–water partition coefficient (Wildman–Crippen LogP) is 2.24. The summed E-state index contributed by atoms with van der Waals surface area (Å²) in [6, 6.07) is 7.21. The molecule has 0 aliphatic heterocycles. The van der Waals surface area contributed by atoms with Crippen LogP contribution in [0.15, 0.2) is 24.3 Å². The van der Waals surface area contributed by atoms with Crippen LogP contribution in [0.2, 0.25) is 0 Å². The lowest BCUT2D eigenvalue weighted by atomic mass is 9.96. The molecule has 0 atom stereocenters. The molecular weight excluding hydrogens is 270 g/mol. The minimum atomic E-state index is -0.0279. The Morgan fingerprint density at radius 2 is 1.85 bits per heavy atom. The zero-order chi connectivity index (χ0) is 15.3. The summed E-state index contributed by atoms with van der Waals surface area (Å²) in [5, 5.41) is 2.86. The summed E-state index contributed by atoms with van der Waals surface area (Å²) in [5.41, 5.74) is 7.24. The van der Waals surface area contributed by atoms with E-state index >= 15 is 0 Å². The smallest absolute Gasteiger partial charge is 0.238 e. The largest absolute Gasteiger partial charge is 0.389 e. The molecule has 0 saturated carbocycles. The number of hydrogen-bond acceptors (Lipinski definition) is 3. The number of amides is 1. The van der Waals surface area contributed by atoms with E-state index in [-0.39, 0.29) is 11.3 Å². The van der Waals surface area contributed by atoms with Crippen LogP contribution in [-0.4, -0.2) is 35.9 Å². The first-order chi connectivity index (χ1) is 9.17. The van der Waals surface area contributed by atoms with Crippen molar-refractivity contribution in [2.24, 2.45) is 11.1 Å². The Morgan fingerprint density at radius 1 is 1.30 bits per heavy atom. The van der Waals surface area contributed by atoms with E-state index in [1.807, 2.05) is 11.9 Å². The van der Waals surface area contributed by atoms with Crippen molar-refractivity contribution in [3.8, 4) is 0 Å². The number of hydrogen-bond donors (Lipinski definition) is 2. The first kappa shape index (κ1) is 16.6. The molecule has 0 aliphatic rings. The number of nitrogens with zero attached hydrogens (tertiary/aromatic N) is 1. The molecular formula is C15H23N3OS. The van der Waals surface area contributed by atoms with Crippen molar-refractivity contribution in [3.05, 3.63) is 29.8 Å². The molecule has 0 saturated heterocycles. The van der Waals surface area contributed by atoms with Gasteiger partial charge in [0.1, 0.15) is 4.99 Å². The lowest BCUT2D eigenvalue weighted by Crippen LogP contribution is -2.35. The lowest BCUT2D eigenvalue weighted by molar-refractivity contribution is -0.117. The maximum Gasteiger partial charge on any atom is 0.238 e. The van der Waals surface area contributed by atoms with E-state index in [4.69, 9.17) is 18.0 Å². The normalized spacial score (nSPS) is 11.4. The molecule has 0 unspecified atom stereocenters. The quantitative estimate of drug-likeness (QED) is 0.818. The van der Waals surface area contributed by atoms with Crippen molar-refractivity contribution in [2.75, 3.05) is 25.5 Å². The maximum absolute atomic E-state index is 11.9. The first-order valence-electron chi connectivity index (χ1n) is 6.56. The molecule has 0 fully saturated rings. The van der Waals surface area contributed by atoms with Crippen LogP contribution in [0.1, 0.15) is 26.3 Å². The summed E-state index contributed by atoms with van der Waals surface area (Å²) in [6.45, 7) is 7.68. The minimum Gasteiger partial charge on any atom is -0.389 e. The average Bonchev–Trinajstić information content (AvgIpc) is 2.26. The molecule has 0 spiro atoms. The Kier molecular flexibility index (Phi) is 5.65. The van der Waals surface area contributed by atoms with Crippen LogP contribution in [0, 0.1) is 5.41 Å². The van der Waals surface area contributed by atoms with Gasteiger partial charge in [0.2, 0.25) is 5.91 Å². The summed E-state index contributed by atoms with van der Waals surface area (Å²) >= 11 is 4.88. The molecule has 110 valence electrons. The van der Waals surface area contributed by atoms with Gasteiger partial charge in [0, 0.05) is 17.8 Å². The molecule has 4 nitrogen and oxygen atoms in total. The summed E-state index contributed by atoms with van der Waals surface area (Å²) in [5.74, 6) is -0.0279. The van der Waals surface area contributed by atoms with Crippen LogP contribution in [0.4, 0.5) is 5.69 Å². The molecule has 5 heteroatoms. The van der Waals surface area contributed by atoms with Gasteiger partial charge in [-0.1, -0.05) is 33.0 Å². The highest BCUT2D eigenvalue weighted by molar-refractivity contribution is 7.80. The number of benzene rings is 1. The summed E-state index contributed by atoms with van der Waals surface area (Å²) in [4.78, 5) is 14.3. The van der Waals surface area contributed by atoms with Crippen LogP contribution in [0.3, 0.4) is 0 Å². The predicted molar refractivity (Wildman–Crippen MR) is 87.9 cm³/mol. The number of anilines is 1. The number of carbonyl (C=O) groups excluding carboxylic acids is 1. The van der Waals surface area contributed by atoms with E-state index < -0.39 is 0 Å². The summed E-state index contributed by atoms with van der Waals surface area (Å²) in [7, 11) is 1.95. The third-order valence-corrected chi connectivity index (χ3v) is 2.85. The van der Waals surface area contributed by atoms with E-state index in [1.165, 1.54) is 0 Å². The average molecular weight is 293 g/mol. The highest BCUT2D eigenvalue weighted by atomic mass is 32.1. The van der Waals surface area contributed by atoms with Crippen LogP contribution < -0.4 is 11.1 Å². The molecule has 1 aromatic rings. The molecule has 0 heterocycles. The second kappa shape index (κ2) is 6.81. The summed E-state index contributed by atoms with van der Waals surface area (Å²) in [6.07, 6.45) is 0. The Morgan fingerprint density at radius 3 is 2.30 bits per heavy atom. The molecule has 1 amide bonds. The Balaban J connectivity index is 2.52. The van der Waals surface area contributed by atoms with Gasteiger partial charge in [0.05, 0.1) is 6.54 Å². The third kappa shape index (κ3) is 6.12. The summed E-state index contributed by atoms with van der Waals surface area (Å²) < 4.78 is 0. The second-order valence-corrected chi connectivity index (χ2v) is 6.66. The van der Waals surface area contributed by atoms with Crippen LogP contribution >= 0.6 is 12.2 Å². The van der Waals surface area contributed by atoms with Crippen molar-refractivity contribution in [1.29, 1.82) is 0 Å². The minimum absolute atomic E-state index is 0.0279. The maximum atomic E-state index is 11.9. The van der Waals surface area contributed by atoms with E-state index in [0.29, 0.717) is 11.5 Å². The third-order valence-electron chi connectivity index (χ3n) is 2.61. The molecule has 20 heavy (non-hydrogen) atoms. The zero-order valence-corrected chi connectivity index (χ0v) is 13.4. The van der Waals surface area contributed by atoms with Crippen LogP contribution in [0.5, 0.6) is 0 Å². The van der Waals surface area contributed by atoms with Gasteiger partial charge in [-0.3, -0.25) is 9.69 Å². The van der Waals surface area contributed by atoms with Gasteiger partial charge in [-0.15, -0.1) is 0 Å². The number of rotatable bonds is 5. The van der Waals surface area contributed by atoms with Crippen molar-refractivity contribution in [3.63, 3.8) is 0 Å². The standard InChI is InChI=1S/C15H23N3OS/c1-15(2,3)10-18(4)9-13(19)17-12-7-5-11(6-8-12)14(16)20/h5-8H,9-10H2,1-4H3,(H2,16,20)(H,17,19). The van der Waals surface area contributed by atoms with Crippen LogP contribution in [0.25, 0.3) is 0 Å². The second-order valence-electron chi connectivity index (χ2n) is 6.22. The zero-order valence-electron chi connectivity index (χ0n) is 12.6. The molecule has 3 N–H and O–H groups in total. The van der Waals surface area contributed by atoms with Gasteiger partial charge in [-0.2, -0.15) is 0 Å². The number of thiocarbonyl (C=S) groups is 1. The van der Waals surface area contributed by atoms with Gasteiger partial charge < -0.3 is 11.1 Å². The Labute approximate surface area is 126 Å². The van der Waals surface area contributed by atoms with Gasteiger partial charge >= 0.3 is 0 Å². The highest BCUT2D eigenvalue weighted by Gasteiger charge is 2.15. The van der Waals surface area contributed by atoms with Gasteiger partial charge in [-0.25, -0.2) is 0 Å². The number of carbonyl (C=O) groups is 1. The number of nitrogens with two attached hydrogens (primary N) is 1. The van der Waals surface area contributed by atoms with E-state index in [9.17, 15) is 4.79 Å². The van der Waals surface area contributed by atoms with Crippen molar-refractivity contribution in [2.45, 2.75) is 20.8 Å². The van der Waals surface area contributed by atoms with E-state index in [0.717, 1.165) is 17.8 Å².